The summed E-state index contributed by atoms with van der Waals surface area (Å²) in [5, 5.41) is 0. The highest BCUT2D eigenvalue weighted by molar-refractivity contribution is 4.44. The van der Waals surface area contributed by atoms with E-state index in [0.717, 1.165) is 19.6 Å². The van der Waals surface area contributed by atoms with E-state index >= 15 is 0 Å². The monoisotopic (exact) mass is 186 g/mol. The summed E-state index contributed by atoms with van der Waals surface area (Å²) in [4.78, 5) is 5.04. The van der Waals surface area contributed by atoms with Gasteiger partial charge in [-0.3, -0.25) is 4.84 Å². The van der Waals surface area contributed by atoms with Crippen LogP contribution in [0.2, 0.25) is 0 Å². The standard InChI is InChI=1S/C11H24NO/c1-3-5-6-7-8-9-10-11-13-12-4-2/h3-11H2,1-2H3. The fourth-order valence-electron chi connectivity index (χ4n) is 1.28. The molecule has 0 rings (SSSR count). The van der Waals surface area contributed by atoms with Gasteiger partial charge in [0.1, 0.15) is 0 Å². The topological polar surface area (TPSA) is 23.3 Å². The Morgan fingerprint density at radius 2 is 1.46 bits per heavy atom. The second kappa shape index (κ2) is 11.9. The number of rotatable bonds is 10. The van der Waals surface area contributed by atoms with E-state index in [0.29, 0.717) is 0 Å². The lowest BCUT2D eigenvalue weighted by atomic mass is 10.1. The first-order valence-corrected chi connectivity index (χ1v) is 5.70. The molecule has 0 aliphatic carbocycles. The van der Waals surface area contributed by atoms with Crippen LogP contribution in [-0.2, 0) is 4.84 Å². The van der Waals surface area contributed by atoms with Gasteiger partial charge in [0.05, 0.1) is 6.61 Å². The fraction of sp³-hybridized carbons (Fsp3) is 1.00. The minimum Gasteiger partial charge on any atom is -0.282 e. The molecule has 0 amide bonds. The molecule has 0 fully saturated rings. The summed E-state index contributed by atoms with van der Waals surface area (Å²) in [5.74, 6) is 0. The minimum atomic E-state index is 0.774. The van der Waals surface area contributed by atoms with Crippen molar-refractivity contribution in [1.29, 1.82) is 0 Å². The molecular weight excluding hydrogens is 162 g/mol. The summed E-state index contributed by atoms with van der Waals surface area (Å²) >= 11 is 0. The van der Waals surface area contributed by atoms with Gasteiger partial charge in [0.25, 0.3) is 0 Å². The molecule has 0 aliphatic heterocycles. The van der Waals surface area contributed by atoms with Crippen LogP contribution in [0.15, 0.2) is 0 Å². The van der Waals surface area contributed by atoms with Gasteiger partial charge in [-0.25, -0.2) is 0 Å². The second-order valence-electron chi connectivity index (χ2n) is 3.40. The Balaban J connectivity index is 2.76. The Morgan fingerprint density at radius 1 is 0.846 bits per heavy atom. The zero-order valence-electron chi connectivity index (χ0n) is 9.22. The van der Waals surface area contributed by atoms with E-state index in [1.54, 1.807) is 0 Å². The van der Waals surface area contributed by atoms with Crippen LogP contribution in [0, 0.1) is 0 Å². The molecule has 0 N–H and O–H groups in total. The molecule has 0 heterocycles. The minimum absolute atomic E-state index is 0.774. The lowest BCUT2D eigenvalue weighted by Gasteiger charge is -2.01. The van der Waals surface area contributed by atoms with Crippen LogP contribution in [0.25, 0.3) is 0 Å². The Kier molecular flexibility index (Phi) is 11.8. The van der Waals surface area contributed by atoms with E-state index in [9.17, 15) is 0 Å². The van der Waals surface area contributed by atoms with E-state index in [2.05, 4.69) is 12.4 Å². The lowest BCUT2D eigenvalue weighted by Crippen LogP contribution is -2.06. The number of nitrogens with zero attached hydrogens (tertiary/aromatic N) is 1. The average Bonchev–Trinajstić information content (AvgIpc) is 2.16. The highest BCUT2D eigenvalue weighted by atomic mass is 16.6. The summed E-state index contributed by atoms with van der Waals surface area (Å²) in [7, 11) is 0. The van der Waals surface area contributed by atoms with E-state index in [4.69, 9.17) is 4.84 Å². The molecule has 0 aromatic rings. The molecule has 0 saturated heterocycles. The quantitative estimate of drug-likeness (QED) is 0.379. The van der Waals surface area contributed by atoms with Crippen LogP contribution >= 0.6 is 0 Å². The average molecular weight is 186 g/mol. The molecule has 1 radical (unpaired) electrons. The summed E-state index contributed by atoms with van der Waals surface area (Å²) in [6.45, 7) is 5.82. The molecule has 0 bridgehead atoms. The van der Waals surface area contributed by atoms with Gasteiger partial charge in [0.2, 0.25) is 0 Å². The SMILES string of the molecule is CCCCCCCCCO[N]CC. The molecule has 2 heteroatoms. The number of hydrogen-bond acceptors (Lipinski definition) is 1. The zero-order chi connectivity index (χ0) is 9.78. The first-order chi connectivity index (χ1) is 6.41. The predicted octanol–water partition coefficient (Wildman–Crippen LogP) is 3.29. The zero-order valence-corrected chi connectivity index (χ0v) is 9.22. The first-order valence-electron chi connectivity index (χ1n) is 5.70. The van der Waals surface area contributed by atoms with Gasteiger partial charge in [0, 0.05) is 6.54 Å². The van der Waals surface area contributed by atoms with Gasteiger partial charge in [-0.2, -0.15) is 0 Å². The third-order valence-electron chi connectivity index (χ3n) is 2.06. The first kappa shape index (κ1) is 12.9. The van der Waals surface area contributed by atoms with E-state index in [1.807, 2.05) is 6.92 Å². The molecule has 0 saturated carbocycles. The summed E-state index contributed by atoms with van der Waals surface area (Å²) in [5.41, 5.74) is 3.82. The molecule has 0 aromatic carbocycles. The molecule has 0 spiro atoms. The third kappa shape index (κ3) is 11.9. The maximum atomic E-state index is 5.04. The normalized spacial score (nSPS) is 10.6. The lowest BCUT2D eigenvalue weighted by molar-refractivity contribution is 0.0338. The number of hydroxylamine groups is 1. The molecule has 0 aliphatic rings. The van der Waals surface area contributed by atoms with Crippen LogP contribution in [0.1, 0.15) is 58.8 Å². The maximum absolute atomic E-state index is 5.04. The van der Waals surface area contributed by atoms with Crippen molar-refractivity contribution in [2.75, 3.05) is 13.2 Å². The maximum Gasteiger partial charge on any atom is 0.0702 e. The Morgan fingerprint density at radius 3 is 2.08 bits per heavy atom. The number of hydrogen-bond donors (Lipinski definition) is 0. The van der Waals surface area contributed by atoms with Crippen molar-refractivity contribution in [2.24, 2.45) is 0 Å². The van der Waals surface area contributed by atoms with Crippen LogP contribution in [0.5, 0.6) is 0 Å². The molecule has 0 aromatic heterocycles. The molecule has 0 atom stereocenters. The summed E-state index contributed by atoms with van der Waals surface area (Å²) in [6.07, 6.45) is 9.32. The van der Waals surface area contributed by atoms with Crippen molar-refractivity contribution >= 4 is 0 Å². The van der Waals surface area contributed by atoms with Gasteiger partial charge < -0.3 is 0 Å². The summed E-state index contributed by atoms with van der Waals surface area (Å²) in [6, 6.07) is 0. The van der Waals surface area contributed by atoms with Crippen molar-refractivity contribution in [2.45, 2.75) is 58.8 Å². The van der Waals surface area contributed by atoms with Crippen LogP contribution < -0.4 is 5.48 Å². The second-order valence-corrected chi connectivity index (χ2v) is 3.40. The van der Waals surface area contributed by atoms with Crippen molar-refractivity contribution in [3.8, 4) is 0 Å². The van der Waals surface area contributed by atoms with Crippen LogP contribution in [0.4, 0.5) is 0 Å². The van der Waals surface area contributed by atoms with Gasteiger partial charge >= 0.3 is 0 Å². The highest BCUT2D eigenvalue weighted by Crippen LogP contribution is 2.06. The van der Waals surface area contributed by atoms with E-state index in [-0.39, 0.29) is 0 Å². The largest absolute Gasteiger partial charge is 0.282 e. The molecule has 0 unspecified atom stereocenters. The Bertz CT molecular complexity index is 76.2. The smallest absolute Gasteiger partial charge is 0.0702 e. The Hall–Kier alpha value is -0.0800. The highest BCUT2D eigenvalue weighted by Gasteiger charge is 1.91. The van der Waals surface area contributed by atoms with Crippen molar-refractivity contribution in [3.63, 3.8) is 0 Å². The number of unbranched alkanes of at least 4 members (excludes halogenated alkanes) is 6. The van der Waals surface area contributed by atoms with E-state index in [1.165, 1.54) is 38.5 Å². The van der Waals surface area contributed by atoms with Gasteiger partial charge in [-0.05, 0) is 13.3 Å². The third-order valence-corrected chi connectivity index (χ3v) is 2.06. The fourth-order valence-corrected chi connectivity index (χ4v) is 1.28. The van der Waals surface area contributed by atoms with Crippen LogP contribution in [-0.4, -0.2) is 13.2 Å². The summed E-state index contributed by atoms with van der Waals surface area (Å²) < 4.78 is 0. The molecule has 79 valence electrons. The van der Waals surface area contributed by atoms with Crippen molar-refractivity contribution in [1.82, 2.24) is 5.48 Å². The molecular formula is C11H24NO. The van der Waals surface area contributed by atoms with Gasteiger partial charge in [0.15, 0.2) is 0 Å². The van der Waals surface area contributed by atoms with Crippen molar-refractivity contribution in [3.05, 3.63) is 0 Å². The van der Waals surface area contributed by atoms with Gasteiger partial charge in [-0.1, -0.05) is 50.9 Å². The van der Waals surface area contributed by atoms with Gasteiger partial charge in [-0.15, -0.1) is 0 Å². The molecule has 2 nitrogen and oxygen atoms in total. The van der Waals surface area contributed by atoms with Crippen molar-refractivity contribution < 1.29 is 4.84 Å². The predicted molar refractivity (Wildman–Crippen MR) is 56.6 cm³/mol. The van der Waals surface area contributed by atoms with E-state index < -0.39 is 0 Å². The van der Waals surface area contributed by atoms with Crippen LogP contribution in [0.3, 0.4) is 0 Å². The Labute approximate surface area is 83.0 Å². The molecule has 13 heavy (non-hydrogen) atoms.